The van der Waals surface area contributed by atoms with Crippen LogP contribution >= 0.6 is 0 Å². The van der Waals surface area contributed by atoms with Crippen LogP contribution < -0.4 is 11.5 Å². The predicted octanol–water partition coefficient (Wildman–Crippen LogP) is 1.97. The van der Waals surface area contributed by atoms with Crippen molar-refractivity contribution in [2.24, 2.45) is 11.8 Å². The number of anilines is 2. The van der Waals surface area contributed by atoms with Crippen molar-refractivity contribution < 1.29 is 4.79 Å². The summed E-state index contributed by atoms with van der Waals surface area (Å²) in [5.74, 6) is 1.14. The Morgan fingerprint density at radius 3 is 2.11 bits per heavy atom. The maximum absolute atomic E-state index is 12.4. The van der Waals surface area contributed by atoms with Gasteiger partial charge in [-0.05, 0) is 36.5 Å². The van der Waals surface area contributed by atoms with E-state index in [1.807, 2.05) is 4.90 Å². The topological polar surface area (TPSA) is 72.3 Å². The number of likely N-dealkylation sites (tertiary alicyclic amines) is 1. The Morgan fingerprint density at radius 2 is 1.61 bits per heavy atom. The van der Waals surface area contributed by atoms with E-state index in [0.717, 1.165) is 13.1 Å². The summed E-state index contributed by atoms with van der Waals surface area (Å²) in [5.41, 5.74) is 13.1. The average molecular weight is 247 g/mol. The molecule has 18 heavy (non-hydrogen) atoms. The number of nitrogen functional groups attached to an aromatic ring is 2. The van der Waals surface area contributed by atoms with Crippen molar-refractivity contribution >= 4 is 17.3 Å². The van der Waals surface area contributed by atoms with Gasteiger partial charge in [0.05, 0.1) is 0 Å². The second-order valence-corrected chi connectivity index (χ2v) is 5.54. The van der Waals surface area contributed by atoms with Crippen molar-refractivity contribution in [2.75, 3.05) is 24.6 Å². The molecule has 0 radical (unpaired) electrons. The van der Waals surface area contributed by atoms with E-state index < -0.39 is 0 Å². The largest absolute Gasteiger partial charge is 0.399 e. The highest BCUT2D eigenvalue weighted by Crippen LogP contribution is 2.23. The van der Waals surface area contributed by atoms with Crippen LogP contribution in [0, 0.1) is 11.8 Å². The normalized spacial score (nSPS) is 24.0. The van der Waals surface area contributed by atoms with E-state index in [1.54, 1.807) is 18.2 Å². The van der Waals surface area contributed by atoms with E-state index >= 15 is 0 Å². The summed E-state index contributed by atoms with van der Waals surface area (Å²) in [7, 11) is 0. The van der Waals surface area contributed by atoms with Gasteiger partial charge in [0.15, 0.2) is 0 Å². The third kappa shape index (κ3) is 2.75. The third-order valence-electron chi connectivity index (χ3n) is 3.38. The summed E-state index contributed by atoms with van der Waals surface area (Å²) >= 11 is 0. The molecule has 1 heterocycles. The van der Waals surface area contributed by atoms with Crippen molar-refractivity contribution in [3.63, 3.8) is 0 Å². The first kappa shape index (κ1) is 12.7. The number of amides is 1. The molecule has 1 fully saturated rings. The van der Waals surface area contributed by atoms with Gasteiger partial charge in [-0.1, -0.05) is 13.8 Å². The molecule has 1 aromatic carbocycles. The number of carbonyl (C=O) groups excluding carboxylic acids is 1. The monoisotopic (exact) mass is 247 g/mol. The molecule has 1 aliphatic rings. The fourth-order valence-corrected chi connectivity index (χ4v) is 2.81. The molecular formula is C14H21N3O. The fourth-order valence-electron chi connectivity index (χ4n) is 2.81. The highest BCUT2D eigenvalue weighted by atomic mass is 16.2. The predicted molar refractivity (Wildman–Crippen MR) is 74.1 cm³/mol. The van der Waals surface area contributed by atoms with E-state index in [0.29, 0.717) is 28.8 Å². The Morgan fingerprint density at radius 1 is 1.11 bits per heavy atom. The highest BCUT2D eigenvalue weighted by Gasteiger charge is 2.26. The Hall–Kier alpha value is -1.71. The number of nitrogens with zero attached hydrogens (tertiary/aromatic N) is 1. The summed E-state index contributed by atoms with van der Waals surface area (Å²) in [6, 6.07) is 5.06. The minimum Gasteiger partial charge on any atom is -0.399 e. The van der Waals surface area contributed by atoms with Gasteiger partial charge < -0.3 is 16.4 Å². The van der Waals surface area contributed by atoms with Gasteiger partial charge in [0.1, 0.15) is 0 Å². The van der Waals surface area contributed by atoms with Crippen molar-refractivity contribution in [1.82, 2.24) is 4.90 Å². The SMILES string of the molecule is C[C@@H]1C[C@@H](C)CN(C(=O)c2cc(N)cc(N)c2)C1. The number of hydrogen-bond donors (Lipinski definition) is 2. The van der Waals surface area contributed by atoms with E-state index in [4.69, 9.17) is 11.5 Å². The van der Waals surface area contributed by atoms with Crippen molar-refractivity contribution in [1.29, 1.82) is 0 Å². The van der Waals surface area contributed by atoms with Gasteiger partial charge in [0.2, 0.25) is 0 Å². The highest BCUT2D eigenvalue weighted by molar-refractivity contribution is 5.96. The number of carbonyl (C=O) groups is 1. The Kier molecular flexibility index (Phi) is 3.45. The molecule has 1 aliphatic heterocycles. The summed E-state index contributed by atoms with van der Waals surface area (Å²) in [4.78, 5) is 14.3. The third-order valence-corrected chi connectivity index (χ3v) is 3.38. The second-order valence-electron chi connectivity index (χ2n) is 5.54. The van der Waals surface area contributed by atoms with Gasteiger partial charge in [-0.3, -0.25) is 4.79 Å². The summed E-state index contributed by atoms with van der Waals surface area (Å²) < 4.78 is 0. The first-order chi connectivity index (χ1) is 8.45. The van der Waals surface area contributed by atoms with Gasteiger partial charge in [-0.25, -0.2) is 0 Å². The summed E-state index contributed by atoms with van der Waals surface area (Å²) in [6.07, 6.45) is 1.18. The molecule has 2 atom stereocenters. The van der Waals surface area contributed by atoms with Crippen molar-refractivity contribution in [3.05, 3.63) is 23.8 Å². The van der Waals surface area contributed by atoms with Gasteiger partial charge in [0, 0.05) is 30.0 Å². The summed E-state index contributed by atoms with van der Waals surface area (Å²) in [5, 5.41) is 0. The molecule has 0 aromatic heterocycles. The lowest BCUT2D eigenvalue weighted by Crippen LogP contribution is -2.42. The molecule has 98 valence electrons. The molecule has 1 aromatic rings. The minimum atomic E-state index is 0.0346. The van der Waals surface area contributed by atoms with Gasteiger partial charge in [0.25, 0.3) is 5.91 Å². The van der Waals surface area contributed by atoms with Crippen LogP contribution in [0.2, 0.25) is 0 Å². The maximum atomic E-state index is 12.4. The van der Waals surface area contributed by atoms with Gasteiger partial charge in [-0.15, -0.1) is 0 Å². The first-order valence-electron chi connectivity index (χ1n) is 6.41. The molecular weight excluding hydrogens is 226 g/mol. The molecule has 4 nitrogen and oxygen atoms in total. The van der Waals surface area contributed by atoms with Gasteiger partial charge in [-0.2, -0.15) is 0 Å². The summed E-state index contributed by atoms with van der Waals surface area (Å²) in [6.45, 7) is 6.00. The van der Waals surface area contributed by atoms with E-state index in [-0.39, 0.29) is 5.91 Å². The molecule has 0 bridgehead atoms. The molecule has 0 spiro atoms. The zero-order valence-corrected chi connectivity index (χ0v) is 11.0. The lowest BCUT2D eigenvalue weighted by molar-refractivity contribution is 0.0623. The minimum absolute atomic E-state index is 0.0346. The van der Waals surface area contributed by atoms with Crippen LogP contribution in [-0.2, 0) is 0 Å². The second kappa shape index (κ2) is 4.88. The van der Waals surface area contributed by atoms with Gasteiger partial charge >= 0.3 is 0 Å². The zero-order valence-electron chi connectivity index (χ0n) is 11.0. The van der Waals surface area contributed by atoms with E-state index in [2.05, 4.69) is 13.8 Å². The molecule has 1 amide bonds. The van der Waals surface area contributed by atoms with E-state index in [1.165, 1.54) is 6.42 Å². The Balaban J connectivity index is 2.20. The lowest BCUT2D eigenvalue weighted by atomic mass is 9.91. The average Bonchev–Trinajstić information content (AvgIpc) is 2.25. The van der Waals surface area contributed by atoms with Crippen LogP contribution in [0.5, 0.6) is 0 Å². The van der Waals surface area contributed by atoms with Crippen molar-refractivity contribution in [2.45, 2.75) is 20.3 Å². The van der Waals surface area contributed by atoms with E-state index in [9.17, 15) is 4.79 Å². The number of benzene rings is 1. The maximum Gasteiger partial charge on any atom is 0.254 e. The Bertz CT molecular complexity index is 428. The quantitative estimate of drug-likeness (QED) is 0.745. The molecule has 0 aliphatic carbocycles. The van der Waals surface area contributed by atoms with Crippen LogP contribution in [0.1, 0.15) is 30.6 Å². The molecule has 1 saturated heterocycles. The Labute approximate surface area is 108 Å². The fraction of sp³-hybridized carbons (Fsp3) is 0.500. The first-order valence-corrected chi connectivity index (χ1v) is 6.41. The van der Waals surface area contributed by atoms with Crippen LogP contribution in [0.4, 0.5) is 11.4 Å². The molecule has 2 rings (SSSR count). The number of rotatable bonds is 1. The molecule has 0 unspecified atom stereocenters. The van der Waals surface area contributed by atoms with Crippen LogP contribution in [0.15, 0.2) is 18.2 Å². The van der Waals surface area contributed by atoms with Crippen LogP contribution in [0.25, 0.3) is 0 Å². The van der Waals surface area contributed by atoms with Crippen LogP contribution in [-0.4, -0.2) is 23.9 Å². The van der Waals surface area contributed by atoms with Crippen LogP contribution in [0.3, 0.4) is 0 Å². The zero-order chi connectivity index (χ0) is 13.3. The number of hydrogen-bond acceptors (Lipinski definition) is 3. The smallest absolute Gasteiger partial charge is 0.254 e. The molecule has 4 N–H and O–H groups in total. The van der Waals surface area contributed by atoms with Crippen molar-refractivity contribution in [3.8, 4) is 0 Å². The standard InChI is InChI=1S/C14H21N3O/c1-9-3-10(2)8-17(7-9)14(18)11-4-12(15)6-13(16)5-11/h4-6,9-10H,3,7-8,15-16H2,1-2H3/t9-,10-/m1/s1. The number of nitrogens with two attached hydrogens (primary N) is 2. The number of piperidine rings is 1. The lowest BCUT2D eigenvalue weighted by Gasteiger charge is -2.35. The molecule has 4 heteroatoms. The molecule has 0 saturated carbocycles.